The minimum Gasteiger partial charge on any atom is -0.350 e. The fourth-order valence-electron chi connectivity index (χ4n) is 6.70. The Balaban J connectivity index is 0.997. The number of anilines is 1. The molecule has 42 heavy (non-hydrogen) atoms. The van der Waals surface area contributed by atoms with Gasteiger partial charge in [0.25, 0.3) is 5.91 Å². The van der Waals surface area contributed by atoms with Crippen LogP contribution in [0.5, 0.6) is 0 Å². The van der Waals surface area contributed by atoms with E-state index in [1.54, 1.807) is 12.1 Å². The van der Waals surface area contributed by atoms with Crippen molar-refractivity contribution < 1.29 is 13.6 Å². The fourth-order valence-corrected chi connectivity index (χ4v) is 6.70. The molecule has 8 heteroatoms. The van der Waals surface area contributed by atoms with Gasteiger partial charge in [0.15, 0.2) is 0 Å². The predicted octanol–water partition coefficient (Wildman–Crippen LogP) is 6.88. The van der Waals surface area contributed by atoms with Gasteiger partial charge in [0.05, 0.1) is 11.0 Å². The molecule has 0 atom stereocenters. The molecule has 0 unspecified atom stereocenters. The summed E-state index contributed by atoms with van der Waals surface area (Å²) in [6.07, 6.45) is 5.90. The number of benzene rings is 3. The van der Waals surface area contributed by atoms with Gasteiger partial charge in [0, 0.05) is 37.1 Å². The van der Waals surface area contributed by atoms with Crippen LogP contribution >= 0.6 is 0 Å². The number of imidazole rings is 1. The number of nitrogens with zero attached hydrogens (tertiary/aromatic N) is 3. The molecule has 4 heterocycles. The van der Waals surface area contributed by atoms with Crippen LogP contribution in [0.25, 0.3) is 21.9 Å². The van der Waals surface area contributed by atoms with Gasteiger partial charge in [-0.3, -0.25) is 4.79 Å². The molecule has 0 bridgehead atoms. The number of aromatic amines is 2. The van der Waals surface area contributed by atoms with E-state index in [1.807, 2.05) is 47.4 Å². The summed E-state index contributed by atoms with van der Waals surface area (Å²) in [4.78, 5) is 29.5. The number of halogens is 2. The van der Waals surface area contributed by atoms with Crippen molar-refractivity contribution in [3.05, 3.63) is 95.2 Å². The van der Waals surface area contributed by atoms with Crippen LogP contribution in [0.15, 0.2) is 66.7 Å². The summed E-state index contributed by atoms with van der Waals surface area (Å²) in [7, 11) is 0. The van der Waals surface area contributed by atoms with Crippen LogP contribution in [-0.2, 0) is 12.8 Å². The smallest absolute Gasteiger partial charge is 0.270 e. The molecule has 2 fully saturated rings. The largest absolute Gasteiger partial charge is 0.350 e. The molecule has 5 aromatic rings. The number of piperidine rings is 2. The van der Waals surface area contributed by atoms with Crippen LogP contribution < -0.4 is 4.90 Å². The Morgan fingerprint density at radius 1 is 0.738 bits per heavy atom. The summed E-state index contributed by atoms with van der Waals surface area (Å²) < 4.78 is 26.5. The van der Waals surface area contributed by atoms with Crippen LogP contribution in [-0.4, -0.2) is 51.9 Å². The Morgan fingerprint density at radius 2 is 1.29 bits per heavy atom. The first-order valence-corrected chi connectivity index (χ1v) is 15.0. The van der Waals surface area contributed by atoms with E-state index in [-0.39, 0.29) is 17.5 Å². The lowest BCUT2D eigenvalue weighted by molar-refractivity contribution is 0.0685. The molecular formula is C34H35F2N5O. The van der Waals surface area contributed by atoms with Crippen molar-refractivity contribution in [2.75, 3.05) is 31.1 Å². The van der Waals surface area contributed by atoms with Crippen molar-refractivity contribution in [1.29, 1.82) is 0 Å². The van der Waals surface area contributed by atoms with Crippen molar-refractivity contribution in [1.82, 2.24) is 19.9 Å². The molecule has 2 saturated heterocycles. The average molecular weight is 568 g/mol. The van der Waals surface area contributed by atoms with Crippen LogP contribution in [0.1, 0.15) is 47.3 Å². The van der Waals surface area contributed by atoms with Crippen molar-refractivity contribution in [3.8, 4) is 0 Å². The number of rotatable bonds is 6. The number of aromatic nitrogens is 3. The molecule has 2 aromatic heterocycles. The maximum atomic E-state index is 13.4. The molecule has 0 aliphatic carbocycles. The number of hydrogen-bond acceptors (Lipinski definition) is 3. The van der Waals surface area contributed by atoms with Gasteiger partial charge in [-0.2, -0.15) is 0 Å². The maximum Gasteiger partial charge on any atom is 0.270 e. The minimum absolute atomic E-state index is 0.0265. The molecule has 0 radical (unpaired) electrons. The lowest BCUT2D eigenvalue weighted by atomic mass is 9.90. The van der Waals surface area contributed by atoms with Gasteiger partial charge in [-0.15, -0.1) is 0 Å². The maximum absolute atomic E-state index is 13.4. The van der Waals surface area contributed by atoms with Crippen molar-refractivity contribution in [2.45, 2.75) is 38.5 Å². The summed E-state index contributed by atoms with van der Waals surface area (Å²) in [6.45, 7) is 3.28. The number of carbonyl (C=O) groups excluding carboxylic acids is 1. The standard InChI is InChI=1S/C34H35F2N5O/c35-26-5-1-22(2-6-26)19-24-11-15-40(16-12-24)33(42)31-21-28-29(37-31)9-10-30-32(28)39-34(38-30)41-17-13-25(14-18-41)20-23-3-7-27(36)8-4-23/h1-10,21,24-25,37H,11-20H2,(H,38,39). The highest BCUT2D eigenvalue weighted by Crippen LogP contribution is 2.31. The second-order valence-corrected chi connectivity index (χ2v) is 12.0. The Bertz CT molecular complexity index is 1690. The summed E-state index contributed by atoms with van der Waals surface area (Å²) in [5.74, 6) is 1.58. The van der Waals surface area contributed by atoms with E-state index in [1.165, 1.54) is 17.7 Å². The first kappa shape index (κ1) is 26.7. The highest BCUT2D eigenvalue weighted by atomic mass is 19.1. The van der Waals surface area contributed by atoms with E-state index in [9.17, 15) is 13.6 Å². The summed E-state index contributed by atoms with van der Waals surface area (Å²) in [5.41, 5.74) is 5.69. The van der Waals surface area contributed by atoms with Gasteiger partial charge in [0.2, 0.25) is 5.95 Å². The fraction of sp³-hybridized carbons (Fsp3) is 0.353. The van der Waals surface area contributed by atoms with Crippen LogP contribution in [0.4, 0.5) is 14.7 Å². The van der Waals surface area contributed by atoms with E-state index in [4.69, 9.17) is 4.98 Å². The average Bonchev–Trinajstić information content (AvgIpc) is 3.65. The van der Waals surface area contributed by atoms with E-state index in [0.717, 1.165) is 98.2 Å². The van der Waals surface area contributed by atoms with E-state index >= 15 is 0 Å². The monoisotopic (exact) mass is 567 g/mol. The van der Waals surface area contributed by atoms with Gasteiger partial charge >= 0.3 is 0 Å². The molecular weight excluding hydrogens is 532 g/mol. The molecule has 2 N–H and O–H groups in total. The lowest BCUT2D eigenvalue weighted by Crippen LogP contribution is -2.39. The summed E-state index contributed by atoms with van der Waals surface area (Å²) in [5, 5.41) is 0.954. The number of H-pyrrole nitrogens is 2. The Labute approximate surface area is 243 Å². The van der Waals surface area contributed by atoms with Gasteiger partial charge in [-0.05, 0) is 104 Å². The number of likely N-dealkylation sites (tertiary alicyclic amines) is 1. The molecule has 0 saturated carbocycles. The zero-order valence-corrected chi connectivity index (χ0v) is 23.6. The highest BCUT2D eigenvalue weighted by molar-refractivity contribution is 6.08. The second kappa shape index (κ2) is 11.2. The number of amides is 1. The molecule has 2 aliphatic heterocycles. The van der Waals surface area contributed by atoms with Crippen molar-refractivity contribution >= 4 is 33.8 Å². The molecule has 7 rings (SSSR count). The van der Waals surface area contributed by atoms with Gasteiger partial charge in [-0.1, -0.05) is 24.3 Å². The third-order valence-corrected chi connectivity index (χ3v) is 9.16. The summed E-state index contributed by atoms with van der Waals surface area (Å²) >= 11 is 0. The van der Waals surface area contributed by atoms with Crippen LogP contribution in [0, 0.1) is 23.5 Å². The third-order valence-electron chi connectivity index (χ3n) is 9.16. The second-order valence-electron chi connectivity index (χ2n) is 12.0. The summed E-state index contributed by atoms with van der Waals surface area (Å²) in [6, 6.07) is 19.6. The first-order valence-electron chi connectivity index (χ1n) is 15.0. The SMILES string of the molecule is O=C(c1cc2c(ccc3[nH]c(N4CCC(Cc5ccc(F)cc5)CC4)nc32)[nH]1)N1CCC(Cc2ccc(F)cc2)CC1. The van der Waals surface area contributed by atoms with E-state index in [0.29, 0.717) is 17.5 Å². The quantitative estimate of drug-likeness (QED) is 0.235. The molecule has 216 valence electrons. The molecule has 2 aliphatic rings. The molecule has 3 aromatic carbocycles. The number of fused-ring (bicyclic) bond motifs is 3. The van der Waals surface area contributed by atoms with Gasteiger partial charge in [0.1, 0.15) is 17.3 Å². The van der Waals surface area contributed by atoms with Gasteiger partial charge in [-0.25, -0.2) is 13.8 Å². The minimum atomic E-state index is -0.208. The first-order chi connectivity index (χ1) is 20.5. The predicted molar refractivity (Wildman–Crippen MR) is 162 cm³/mol. The lowest BCUT2D eigenvalue weighted by Gasteiger charge is -2.31. The molecule has 1 amide bonds. The number of carbonyl (C=O) groups is 1. The Morgan fingerprint density at radius 3 is 1.88 bits per heavy atom. The van der Waals surface area contributed by atoms with E-state index in [2.05, 4.69) is 14.9 Å². The van der Waals surface area contributed by atoms with Crippen LogP contribution in [0.3, 0.4) is 0 Å². The van der Waals surface area contributed by atoms with E-state index < -0.39 is 0 Å². The normalized spacial score (nSPS) is 17.0. The topological polar surface area (TPSA) is 68.0 Å². The molecule has 0 spiro atoms. The zero-order valence-electron chi connectivity index (χ0n) is 23.6. The Kier molecular flexibility index (Phi) is 7.14. The highest BCUT2D eigenvalue weighted by Gasteiger charge is 2.26. The van der Waals surface area contributed by atoms with Gasteiger partial charge < -0.3 is 19.8 Å². The molecule has 6 nitrogen and oxygen atoms in total. The third kappa shape index (κ3) is 5.50. The van der Waals surface area contributed by atoms with Crippen molar-refractivity contribution in [3.63, 3.8) is 0 Å². The zero-order chi connectivity index (χ0) is 28.6. The number of hydrogen-bond donors (Lipinski definition) is 2. The Hall–Kier alpha value is -4.20. The number of nitrogens with one attached hydrogen (secondary N) is 2. The van der Waals surface area contributed by atoms with Crippen molar-refractivity contribution in [2.24, 2.45) is 11.8 Å². The van der Waals surface area contributed by atoms with Crippen LogP contribution in [0.2, 0.25) is 0 Å².